The van der Waals surface area contributed by atoms with Crippen LogP contribution < -0.4 is 0 Å². The van der Waals surface area contributed by atoms with E-state index in [-0.39, 0.29) is 0 Å². The van der Waals surface area contributed by atoms with Crippen molar-refractivity contribution in [3.05, 3.63) is 51.7 Å². The molecule has 0 unspecified atom stereocenters. The molecule has 122 valence electrons. The second-order valence-corrected chi connectivity index (χ2v) is 7.90. The lowest BCUT2D eigenvalue weighted by Crippen LogP contribution is -2.27. The van der Waals surface area contributed by atoms with Gasteiger partial charge in [-0.1, -0.05) is 24.3 Å². The maximum Gasteiger partial charge on any atom is 0.419 e. The zero-order chi connectivity index (χ0) is 17.5. The van der Waals surface area contributed by atoms with E-state index >= 15 is 0 Å². The molecule has 0 saturated heterocycles. The number of hydrogen-bond donors (Lipinski definition) is 0. The van der Waals surface area contributed by atoms with Crippen molar-refractivity contribution in [3.63, 3.8) is 0 Å². The topological polar surface area (TPSA) is 35.6 Å². The van der Waals surface area contributed by atoms with E-state index in [4.69, 9.17) is 11.3 Å². The fourth-order valence-corrected chi connectivity index (χ4v) is 3.97. The molecule has 2 heterocycles. The number of ether oxygens (including phenoxy) is 1. The molecule has 0 fully saturated rings. The van der Waals surface area contributed by atoms with Crippen molar-refractivity contribution in [2.75, 3.05) is 0 Å². The summed E-state index contributed by atoms with van der Waals surface area (Å²) in [4.78, 5) is 16.3. The Labute approximate surface area is 152 Å². The summed E-state index contributed by atoms with van der Waals surface area (Å²) in [7, 11) is 0. The fourth-order valence-electron chi connectivity index (χ4n) is 2.53. The molecule has 4 nitrogen and oxygen atoms in total. The molecule has 0 atom stereocenters. The summed E-state index contributed by atoms with van der Waals surface area (Å²) in [5, 5.41) is 3.38. The zero-order valence-corrected chi connectivity index (χ0v) is 15.9. The highest BCUT2D eigenvalue weighted by Crippen LogP contribution is 2.44. The Morgan fingerprint density at radius 1 is 1.29 bits per heavy atom. The Morgan fingerprint density at radius 3 is 2.67 bits per heavy atom. The third-order valence-corrected chi connectivity index (χ3v) is 4.97. The van der Waals surface area contributed by atoms with Gasteiger partial charge in [-0.3, -0.25) is 0 Å². The number of rotatable bonds is 1. The molecule has 0 bridgehead atoms. The molecule has 0 aliphatic rings. The second-order valence-electron chi connectivity index (χ2n) is 6.25. The highest BCUT2D eigenvalue weighted by atomic mass is 79.9. The minimum atomic E-state index is -0.591. The first-order valence-electron chi connectivity index (χ1n) is 7.31. The molecule has 0 saturated carbocycles. The van der Waals surface area contributed by atoms with Crippen molar-refractivity contribution in [1.29, 1.82) is 0 Å². The van der Waals surface area contributed by atoms with Gasteiger partial charge < -0.3 is 4.74 Å². The molecule has 0 aliphatic carbocycles. The van der Waals surface area contributed by atoms with E-state index in [1.165, 1.54) is 15.9 Å². The average Bonchev–Trinajstić information content (AvgIpc) is 3.05. The van der Waals surface area contributed by atoms with Crippen molar-refractivity contribution in [2.45, 2.75) is 26.4 Å². The van der Waals surface area contributed by atoms with Crippen LogP contribution in [0.5, 0.6) is 0 Å². The van der Waals surface area contributed by atoms with Crippen LogP contribution in [0.3, 0.4) is 0 Å². The molecular formula is C18H15BrN2O2S. The number of carbonyl (C=O) groups excluding carboxylic acids is 1. The maximum absolute atomic E-state index is 12.7. The molecule has 0 amide bonds. The summed E-state index contributed by atoms with van der Waals surface area (Å²) in [5.41, 5.74) is 1.81. The standard InChI is InChI=1S/C18H15BrN2O2S/c1-18(2,3)23-17(22)21-13-8-6-5-7-11(13)14(15(21)19)12-9-10-24-16(12)20-4/h5-10H,1-3H3. The Balaban J connectivity index is 2.28. The normalized spacial score (nSPS) is 11.5. The van der Waals surface area contributed by atoms with Gasteiger partial charge in [-0.05, 0) is 48.1 Å². The van der Waals surface area contributed by atoms with Gasteiger partial charge in [-0.25, -0.2) is 14.2 Å². The minimum Gasteiger partial charge on any atom is -0.443 e. The molecule has 1 aromatic carbocycles. The summed E-state index contributed by atoms with van der Waals surface area (Å²) in [6.45, 7) is 12.9. The third kappa shape index (κ3) is 2.85. The van der Waals surface area contributed by atoms with E-state index in [2.05, 4.69) is 20.8 Å². The van der Waals surface area contributed by atoms with E-state index in [1.54, 1.807) is 0 Å². The summed E-state index contributed by atoms with van der Waals surface area (Å²) in [6, 6.07) is 9.52. The predicted molar refractivity (Wildman–Crippen MR) is 101 cm³/mol. The van der Waals surface area contributed by atoms with Crippen molar-refractivity contribution in [3.8, 4) is 11.1 Å². The average molecular weight is 403 g/mol. The summed E-state index contributed by atoms with van der Waals surface area (Å²) in [6.07, 6.45) is -0.448. The number of halogens is 1. The number of aromatic nitrogens is 1. The first-order valence-corrected chi connectivity index (χ1v) is 8.98. The summed E-state index contributed by atoms with van der Waals surface area (Å²) in [5.74, 6) is 0. The molecule has 2 aromatic heterocycles. The van der Waals surface area contributed by atoms with Crippen LogP contribution in [0.4, 0.5) is 9.80 Å². The van der Waals surface area contributed by atoms with Crippen molar-refractivity contribution in [2.24, 2.45) is 0 Å². The number of nitrogens with zero attached hydrogens (tertiary/aromatic N) is 2. The lowest BCUT2D eigenvalue weighted by molar-refractivity contribution is 0.0541. The summed E-state index contributed by atoms with van der Waals surface area (Å²) >= 11 is 4.94. The van der Waals surface area contributed by atoms with E-state index < -0.39 is 11.7 Å². The number of hydrogen-bond acceptors (Lipinski definition) is 3. The highest BCUT2D eigenvalue weighted by Gasteiger charge is 2.26. The molecule has 0 spiro atoms. The zero-order valence-electron chi connectivity index (χ0n) is 13.5. The number of carbonyl (C=O) groups is 1. The monoisotopic (exact) mass is 402 g/mol. The molecular weight excluding hydrogens is 388 g/mol. The molecule has 6 heteroatoms. The molecule has 3 rings (SSSR count). The first kappa shape index (κ1) is 16.7. The van der Waals surface area contributed by atoms with Crippen molar-refractivity contribution < 1.29 is 9.53 Å². The largest absolute Gasteiger partial charge is 0.443 e. The van der Waals surface area contributed by atoms with Gasteiger partial charge in [0, 0.05) is 16.5 Å². The van der Waals surface area contributed by atoms with Gasteiger partial charge in [0.15, 0.2) is 0 Å². The predicted octanol–water partition coefficient (Wildman–Crippen LogP) is 6.47. The lowest BCUT2D eigenvalue weighted by atomic mass is 10.1. The smallest absolute Gasteiger partial charge is 0.419 e. The van der Waals surface area contributed by atoms with E-state index in [1.807, 2.05) is 56.5 Å². The van der Waals surface area contributed by atoms with Crippen LogP contribution in [-0.4, -0.2) is 16.3 Å². The Hall–Kier alpha value is -2.10. The van der Waals surface area contributed by atoms with Gasteiger partial charge in [0.25, 0.3) is 0 Å². The minimum absolute atomic E-state index is 0.448. The van der Waals surface area contributed by atoms with Gasteiger partial charge in [-0.2, -0.15) is 11.3 Å². The van der Waals surface area contributed by atoms with Crippen molar-refractivity contribution in [1.82, 2.24) is 4.57 Å². The molecule has 0 radical (unpaired) electrons. The van der Waals surface area contributed by atoms with Crippen LogP contribution in [0.15, 0.2) is 40.3 Å². The molecule has 3 aromatic rings. The Kier molecular flexibility index (Phi) is 4.24. The van der Waals surface area contributed by atoms with Crippen LogP contribution in [0.1, 0.15) is 20.8 Å². The highest BCUT2D eigenvalue weighted by molar-refractivity contribution is 9.10. The number of thiophene rings is 1. The third-order valence-electron chi connectivity index (χ3n) is 3.41. The fraction of sp³-hybridized carbons (Fsp3) is 0.222. The van der Waals surface area contributed by atoms with Crippen LogP contribution in [-0.2, 0) is 4.74 Å². The molecule has 0 aliphatic heterocycles. The van der Waals surface area contributed by atoms with Gasteiger partial charge in [0.2, 0.25) is 5.00 Å². The SMILES string of the molecule is [C-]#[N+]c1sccc1-c1c(Br)n(C(=O)OC(C)(C)C)c2ccccc12. The lowest BCUT2D eigenvalue weighted by Gasteiger charge is -2.20. The maximum atomic E-state index is 12.7. The van der Waals surface area contributed by atoms with Crippen molar-refractivity contribution >= 4 is 49.3 Å². The second kappa shape index (κ2) is 6.08. The number of benzene rings is 1. The molecule has 24 heavy (non-hydrogen) atoms. The Bertz CT molecular complexity index is 973. The van der Waals surface area contributed by atoms with Crippen LogP contribution in [0.2, 0.25) is 0 Å². The quantitative estimate of drug-likeness (QED) is 0.437. The first-order chi connectivity index (χ1) is 11.3. The Morgan fingerprint density at radius 2 is 2.00 bits per heavy atom. The van der Waals surface area contributed by atoms with E-state index in [9.17, 15) is 4.79 Å². The number of fused-ring (bicyclic) bond motifs is 1. The van der Waals surface area contributed by atoms with Gasteiger partial charge in [0.1, 0.15) is 10.2 Å². The summed E-state index contributed by atoms with van der Waals surface area (Å²) < 4.78 is 7.65. The number of para-hydroxylation sites is 1. The van der Waals surface area contributed by atoms with E-state index in [0.29, 0.717) is 9.60 Å². The van der Waals surface area contributed by atoms with Crippen LogP contribution >= 0.6 is 27.3 Å². The van der Waals surface area contributed by atoms with Crippen LogP contribution in [0.25, 0.3) is 26.9 Å². The van der Waals surface area contributed by atoms with Gasteiger partial charge >= 0.3 is 6.09 Å². The van der Waals surface area contributed by atoms with Gasteiger partial charge in [-0.15, -0.1) is 0 Å². The van der Waals surface area contributed by atoms with E-state index in [0.717, 1.165) is 22.0 Å². The molecule has 0 N–H and O–H groups in total. The van der Waals surface area contributed by atoms with Crippen LogP contribution in [0, 0.1) is 6.57 Å². The van der Waals surface area contributed by atoms with Gasteiger partial charge in [0.05, 0.1) is 12.1 Å².